The number of nitrogens with one attached hydrogen (secondary N) is 1. The first-order valence-corrected chi connectivity index (χ1v) is 6.78. The molecule has 1 aliphatic carbocycles. The molecule has 1 aliphatic rings. The number of hydrogen-bond acceptors (Lipinski definition) is 4. The van der Waals surface area contributed by atoms with Crippen molar-refractivity contribution in [1.82, 2.24) is 25.0 Å². The maximum absolute atomic E-state index is 9.09. The van der Waals surface area contributed by atoms with Gasteiger partial charge in [0.05, 0.1) is 16.7 Å². The highest BCUT2D eigenvalue weighted by atomic mass is 16.3. The van der Waals surface area contributed by atoms with E-state index in [0.29, 0.717) is 18.4 Å². The standard InChI is InChI=1S/C14H15N5O/c20-8-9-5-10(9)13-6-19(18-17-13)7-14-15-11-3-1-2-4-12(11)16-14/h1-4,6,9-10,20H,5,7-8H2,(H,15,16)/t9-,10-/m0/s1. The molecule has 0 radical (unpaired) electrons. The van der Waals surface area contributed by atoms with Crippen LogP contribution in [0.1, 0.15) is 23.9 Å². The third-order valence-corrected chi connectivity index (χ3v) is 3.84. The topological polar surface area (TPSA) is 79.6 Å². The van der Waals surface area contributed by atoms with Crippen molar-refractivity contribution in [3.8, 4) is 0 Å². The molecule has 0 aliphatic heterocycles. The van der Waals surface area contributed by atoms with E-state index in [0.717, 1.165) is 29.0 Å². The summed E-state index contributed by atoms with van der Waals surface area (Å²) in [7, 11) is 0. The summed E-state index contributed by atoms with van der Waals surface area (Å²) >= 11 is 0. The van der Waals surface area contributed by atoms with E-state index in [4.69, 9.17) is 5.11 Å². The zero-order valence-electron chi connectivity index (χ0n) is 10.9. The van der Waals surface area contributed by atoms with Gasteiger partial charge in [-0.2, -0.15) is 0 Å². The number of para-hydroxylation sites is 2. The first-order valence-electron chi connectivity index (χ1n) is 6.78. The van der Waals surface area contributed by atoms with Gasteiger partial charge in [0.2, 0.25) is 0 Å². The Kier molecular flexibility index (Phi) is 2.56. The van der Waals surface area contributed by atoms with Crippen LogP contribution >= 0.6 is 0 Å². The Morgan fingerprint density at radius 3 is 3.05 bits per heavy atom. The van der Waals surface area contributed by atoms with Gasteiger partial charge in [-0.05, 0) is 24.5 Å². The molecule has 1 fully saturated rings. The number of rotatable bonds is 4. The summed E-state index contributed by atoms with van der Waals surface area (Å²) < 4.78 is 1.79. The molecule has 2 heterocycles. The summed E-state index contributed by atoms with van der Waals surface area (Å²) in [4.78, 5) is 7.80. The van der Waals surface area contributed by atoms with Crippen molar-refractivity contribution in [2.24, 2.45) is 5.92 Å². The van der Waals surface area contributed by atoms with Crippen LogP contribution < -0.4 is 0 Å². The number of fused-ring (bicyclic) bond motifs is 1. The molecular weight excluding hydrogens is 254 g/mol. The van der Waals surface area contributed by atoms with E-state index in [1.807, 2.05) is 30.5 Å². The van der Waals surface area contributed by atoms with Crippen molar-refractivity contribution in [3.05, 3.63) is 42.0 Å². The third kappa shape index (κ3) is 1.98. The second-order valence-corrected chi connectivity index (χ2v) is 5.33. The number of aromatic amines is 1. The van der Waals surface area contributed by atoms with Crippen molar-refractivity contribution in [3.63, 3.8) is 0 Å². The Labute approximate surface area is 115 Å². The molecule has 1 aromatic carbocycles. The van der Waals surface area contributed by atoms with Gasteiger partial charge in [0.25, 0.3) is 0 Å². The predicted octanol–water partition coefficient (Wildman–Crippen LogP) is 1.30. The Morgan fingerprint density at radius 1 is 1.35 bits per heavy atom. The van der Waals surface area contributed by atoms with Crippen molar-refractivity contribution in [2.75, 3.05) is 6.61 Å². The van der Waals surface area contributed by atoms with Crippen molar-refractivity contribution in [2.45, 2.75) is 18.9 Å². The fourth-order valence-electron chi connectivity index (χ4n) is 2.61. The van der Waals surface area contributed by atoms with Crippen LogP contribution in [0.15, 0.2) is 30.5 Å². The quantitative estimate of drug-likeness (QED) is 0.748. The minimum atomic E-state index is 0.237. The van der Waals surface area contributed by atoms with Gasteiger partial charge < -0.3 is 10.1 Å². The summed E-state index contributed by atoms with van der Waals surface area (Å²) in [5, 5.41) is 17.4. The number of benzene rings is 1. The van der Waals surface area contributed by atoms with E-state index < -0.39 is 0 Å². The first-order chi connectivity index (χ1) is 9.83. The average Bonchev–Trinajstić information content (AvgIpc) is 2.91. The SMILES string of the molecule is OC[C@@H]1C[C@@H]1c1cn(Cc2nc3ccccc3[nH]2)nn1. The Hall–Kier alpha value is -2.21. The maximum atomic E-state index is 9.09. The number of H-pyrrole nitrogens is 1. The van der Waals surface area contributed by atoms with Gasteiger partial charge in [-0.3, -0.25) is 0 Å². The molecule has 0 saturated heterocycles. The van der Waals surface area contributed by atoms with Crippen molar-refractivity contribution >= 4 is 11.0 Å². The summed E-state index contributed by atoms with van der Waals surface area (Å²) in [5.41, 5.74) is 2.97. The Morgan fingerprint density at radius 2 is 2.25 bits per heavy atom. The van der Waals surface area contributed by atoms with E-state index >= 15 is 0 Å². The Balaban J connectivity index is 1.54. The Bertz CT molecular complexity index is 714. The molecule has 102 valence electrons. The van der Waals surface area contributed by atoms with E-state index in [2.05, 4.69) is 20.3 Å². The van der Waals surface area contributed by atoms with Gasteiger partial charge in [-0.15, -0.1) is 5.10 Å². The lowest BCUT2D eigenvalue weighted by Crippen LogP contribution is -2.02. The minimum absolute atomic E-state index is 0.237. The monoisotopic (exact) mass is 269 g/mol. The summed E-state index contributed by atoms with van der Waals surface area (Å²) in [5.74, 6) is 1.62. The second kappa shape index (κ2) is 4.42. The van der Waals surface area contributed by atoms with Gasteiger partial charge in [0, 0.05) is 18.7 Å². The van der Waals surface area contributed by atoms with Crippen LogP contribution in [0.5, 0.6) is 0 Å². The van der Waals surface area contributed by atoms with Gasteiger partial charge in [-0.25, -0.2) is 9.67 Å². The van der Waals surface area contributed by atoms with Gasteiger partial charge in [0.15, 0.2) is 0 Å². The molecule has 0 amide bonds. The summed E-state index contributed by atoms with van der Waals surface area (Å²) in [6.07, 6.45) is 2.97. The number of aliphatic hydroxyl groups is 1. The summed E-state index contributed by atoms with van der Waals surface area (Å²) in [6.45, 7) is 0.819. The average molecular weight is 269 g/mol. The van der Waals surface area contributed by atoms with Crippen molar-refractivity contribution in [1.29, 1.82) is 0 Å². The van der Waals surface area contributed by atoms with Gasteiger partial charge in [0.1, 0.15) is 12.4 Å². The highest BCUT2D eigenvalue weighted by molar-refractivity contribution is 5.74. The normalized spacial score (nSPS) is 21.4. The van der Waals surface area contributed by atoms with Gasteiger partial charge >= 0.3 is 0 Å². The predicted molar refractivity (Wildman–Crippen MR) is 73.2 cm³/mol. The second-order valence-electron chi connectivity index (χ2n) is 5.33. The molecule has 0 spiro atoms. The lowest BCUT2D eigenvalue weighted by Gasteiger charge is -1.95. The number of aromatic nitrogens is 5. The number of aliphatic hydroxyl groups excluding tert-OH is 1. The molecular formula is C14H15N5O. The zero-order valence-corrected chi connectivity index (χ0v) is 10.9. The smallest absolute Gasteiger partial charge is 0.129 e. The van der Waals surface area contributed by atoms with Crippen LogP contribution in [0.4, 0.5) is 0 Å². The lowest BCUT2D eigenvalue weighted by molar-refractivity contribution is 0.273. The molecule has 1 saturated carbocycles. The molecule has 2 atom stereocenters. The maximum Gasteiger partial charge on any atom is 0.129 e. The number of hydrogen-bond donors (Lipinski definition) is 2. The highest BCUT2D eigenvalue weighted by Gasteiger charge is 2.39. The van der Waals surface area contributed by atoms with Crippen LogP contribution in [-0.4, -0.2) is 36.7 Å². The summed E-state index contributed by atoms with van der Waals surface area (Å²) in [6, 6.07) is 7.95. The minimum Gasteiger partial charge on any atom is -0.396 e. The molecule has 0 unspecified atom stereocenters. The molecule has 4 rings (SSSR count). The van der Waals surface area contributed by atoms with E-state index in [1.54, 1.807) is 4.68 Å². The number of nitrogens with zero attached hydrogens (tertiary/aromatic N) is 4. The molecule has 3 aromatic rings. The largest absolute Gasteiger partial charge is 0.396 e. The van der Waals surface area contributed by atoms with E-state index in [-0.39, 0.29) is 6.61 Å². The van der Waals surface area contributed by atoms with Crippen LogP contribution in [0.25, 0.3) is 11.0 Å². The molecule has 6 nitrogen and oxygen atoms in total. The molecule has 20 heavy (non-hydrogen) atoms. The van der Waals surface area contributed by atoms with Crippen LogP contribution in [0, 0.1) is 5.92 Å². The van der Waals surface area contributed by atoms with Crippen LogP contribution in [0.2, 0.25) is 0 Å². The molecule has 0 bridgehead atoms. The van der Waals surface area contributed by atoms with Crippen LogP contribution in [-0.2, 0) is 6.54 Å². The fraction of sp³-hybridized carbons (Fsp3) is 0.357. The zero-order chi connectivity index (χ0) is 13.5. The molecule has 2 N–H and O–H groups in total. The lowest BCUT2D eigenvalue weighted by atomic mass is 10.2. The number of imidazole rings is 1. The fourth-order valence-corrected chi connectivity index (χ4v) is 2.61. The molecule has 2 aromatic heterocycles. The van der Waals surface area contributed by atoms with E-state index in [9.17, 15) is 0 Å². The highest BCUT2D eigenvalue weighted by Crippen LogP contribution is 2.45. The first kappa shape index (κ1) is 11.6. The van der Waals surface area contributed by atoms with Crippen molar-refractivity contribution < 1.29 is 5.11 Å². The third-order valence-electron chi connectivity index (χ3n) is 3.84. The van der Waals surface area contributed by atoms with Crippen LogP contribution in [0.3, 0.4) is 0 Å². The van der Waals surface area contributed by atoms with Gasteiger partial charge in [-0.1, -0.05) is 17.3 Å². The van der Waals surface area contributed by atoms with E-state index in [1.165, 1.54) is 0 Å². The molecule has 6 heteroatoms.